The Balaban J connectivity index is 1.44. The summed E-state index contributed by atoms with van der Waals surface area (Å²) in [4.78, 5) is 47.9. The summed E-state index contributed by atoms with van der Waals surface area (Å²) in [5.74, 6) is 5.32. The van der Waals surface area contributed by atoms with Crippen molar-refractivity contribution in [1.82, 2.24) is 39.2 Å². The van der Waals surface area contributed by atoms with Crippen LogP contribution in [0.25, 0.3) is 22.2 Å². The Bertz CT molecular complexity index is 2150. The van der Waals surface area contributed by atoms with Crippen LogP contribution >= 0.6 is 0 Å². The molecule has 5 N–H and O–H groups in total. The van der Waals surface area contributed by atoms with Gasteiger partial charge in [0.25, 0.3) is 11.5 Å². The zero-order valence-corrected chi connectivity index (χ0v) is 22.8. The zero-order valence-electron chi connectivity index (χ0n) is 22.8. The Morgan fingerprint density at radius 1 is 1.07 bits per heavy atom. The fraction of sp³-hybridized carbons (Fsp3) is 0.100. The molecular formula is C30H24N10O3. The summed E-state index contributed by atoms with van der Waals surface area (Å²) in [5.41, 5.74) is 13.3. The van der Waals surface area contributed by atoms with Gasteiger partial charge in [0, 0.05) is 24.2 Å². The van der Waals surface area contributed by atoms with Gasteiger partial charge in [-0.1, -0.05) is 36.1 Å². The maximum absolute atomic E-state index is 14.2. The maximum atomic E-state index is 14.2. The minimum absolute atomic E-state index is 0.0266. The minimum atomic E-state index is -0.728. The number of nitrogens with zero attached hydrogens (tertiary/aromatic N) is 7. The smallest absolute Gasteiger partial charge is 0.267 e. The first-order chi connectivity index (χ1) is 20.8. The van der Waals surface area contributed by atoms with Gasteiger partial charge in [0.2, 0.25) is 5.91 Å². The summed E-state index contributed by atoms with van der Waals surface area (Å²) in [6.45, 7) is 1.66. The van der Waals surface area contributed by atoms with Gasteiger partial charge in [-0.3, -0.25) is 23.6 Å². The van der Waals surface area contributed by atoms with Crippen LogP contribution in [-0.2, 0) is 11.3 Å². The van der Waals surface area contributed by atoms with Gasteiger partial charge in [0.05, 0.1) is 34.4 Å². The van der Waals surface area contributed by atoms with Crippen molar-refractivity contribution in [2.24, 2.45) is 5.73 Å². The summed E-state index contributed by atoms with van der Waals surface area (Å²) in [5, 5.41) is 11.5. The van der Waals surface area contributed by atoms with E-state index in [1.54, 1.807) is 74.0 Å². The molecule has 0 aliphatic carbocycles. The molecule has 212 valence electrons. The Kier molecular flexibility index (Phi) is 6.85. The number of nitrogens with one attached hydrogen (secondary N) is 1. The Hall–Kier alpha value is -6.29. The van der Waals surface area contributed by atoms with Gasteiger partial charge in [0.1, 0.15) is 17.9 Å². The van der Waals surface area contributed by atoms with Crippen LogP contribution in [0.2, 0.25) is 0 Å². The first-order valence-electron chi connectivity index (χ1n) is 13.1. The monoisotopic (exact) mass is 572 g/mol. The van der Waals surface area contributed by atoms with Crippen LogP contribution in [0.15, 0.2) is 84.2 Å². The summed E-state index contributed by atoms with van der Waals surface area (Å²) in [6, 6.07) is 15.2. The molecule has 0 aliphatic heterocycles. The number of nitrogens with two attached hydrogens (primary N) is 2. The minimum Gasteiger partial charge on any atom is -0.381 e. The van der Waals surface area contributed by atoms with Gasteiger partial charge in [-0.2, -0.15) is 5.10 Å². The molecule has 2 aromatic carbocycles. The van der Waals surface area contributed by atoms with Gasteiger partial charge >= 0.3 is 0 Å². The van der Waals surface area contributed by atoms with E-state index in [9.17, 15) is 14.4 Å². The second-order valence-corrected chi connectivity index (χ2v) is 9.63. The average Bonchev–Trinajstić information content (AvgIpc) is 3.58. The fourth-order valence-electron chi connectivity index (χ4n) is 4.74. The molecule has 0 aliphatic rings. The predicted molar refractivity (Wildman–Crippen MR) is 158 cm³/mol. The molecule has 13 heteroatoms. The van der Waals surface area contributed by atoms with Crippen molar-refractivity contribution in [2.45, 2.75) is 19.5 Å². The van der Waals surface area contributed by atoms with Crippen LogP contribution in [0.4, 0.5) is 5.82 Å². The highest BCUT2D eigenvalue weighted by Crippen LogP contribution is 2.22. The number of anilines is 1. The number of primary amides is 1. The van der Waals surface area contributed by atoms with Gasteiger partial charge in [0.15, 0.2) is 11.5 Å². The summed E-state index contributed by atoms with van der Waals surface area (Å²) in [6.07, 6.45) is 6.29. The number of hydrogen-bond donors (Lipinski definition) is 3. The number of amides is 2. The number of fused-ring (bicyclic) bond motifs is 2. The first-order valence-corrected chi connectivity index (χ1v) is 13.1. The SMILES string of the molecule is C[C@@H](NC(=O)c1c(N)nn2cccnc12)c1nc2cccc(C#Cc3cnn(CC(N)=O)c3)c2c(=O)n1-c1ccccc1. The first kappa shape index (κ1) is 26.9. The van der Waals surface area contributed by atoms with Crippen molar-refractivity contribution in [2.75, 3.05) is 5.73 Å². The molecule has 0 saturated heterocycles. The van der Waals surface area contributed by atoms with Gasteiger partial charge in [-0.05, 0) is 37.3 Å². The Morgan fingerprint density at radius 2 is 1.88 bits per heavy atom. The van der Waals surface area contributed by atoms with Crippen LogP contribution < -0.4 is 22.3 Å². The van der Waals surface area contributed by atoms with Gasteiger partial charge in [-0.25, -0.2) is 14.5 Å². The van der Waals surface area contributed by atoms with Crippen LogP contribution in [0.1, 0.15) is 40.3 Å². The van der Waals surface area contributed by atoms with Crippen LogP contribution in [-0.4, -0.2) is 45.7 Å². The van der Waals surface area contributed by atoms with E-state index in [1.165, 1.54) is 20.0 Å². The average molecular weight is 573 g/mol. The van der Waals surface area contributed by atoms with Gasteiger partial charge in [-0.15, -0.1) is 5.10 Å². The third kappa shape index (κ3) is 5.16. The van der Waals surface area contributed by atoms with Crippen LogP contribution in [0.3, 0.4) is 0 Å². The highest BCUT2D eigenvalue weighted by Gasteiger charge is 2.24. The molecule has 0 unspecified atom stereocenters. The van der Waals surface area contributed by atoms with Crippen molar-refractivity contribution in [3.05, 3.63) is 112 Å². The topological polar surface area (TPSA) is 181 Å². The number of carbonyl (C=O) groups excluding carboxylic acids is 2. The summed E-state index contributed by atoms with van der Waals surface area (Å²) in [7, 11) is 0. The number of benzene rings is 2. The van der Waals surface area contributed by atoms with E-state index < -0.39 is 17.9 Å². The molecule has 0 spiro atoms. The number of rotatable bonds is 6. The fourth-order valence-corrected chi connectivity index (χ4v) is 4.74. The van der Waals surface area contributed by atoms with Crippen molar-refractivity contribution in [3.63, 3.8) is 0 Å². The van der Waals surface area contributed by atoms with E-state index in [0.29, 0.717) is 39.2 Å². The normalized spacial score (nSPS) is 11.7. The van der Waals surface area contributed by atoms with Crippen molar-refractivity contribution >= 4 is 34.2 Å². The van der Waals surface area contributed by atoms with E-state index in [-0.39, 0.29) is 23.5 Å². The highest BCUT2D eigenvalue weighted by atomic mass is 16.2. The molecular weight excluding hydrogens is 548 g/mol. The standard InChI is InChI=1S/C30H24N10O3/c1-18(35-29(42)25-26(32)37-39-14-6-13-33-28(25)39)27-36-22-10-5-7-20(12-11-19-15-34-38(16-19)17-23(31)41)24(22)30(43)40(27)21-8-3-2-4-9-21/h2-10,13-16,18H,17H2,1H3,(H2,31,41)(H2,32,37)(H,35,42)/t18-/m1/s1. The molecule has 1 atom stereocenters. The molecule has 4 heterocycles. The van der Waals surface area contributed by atoms with E-state index in [4.69, 9.17) is 16.5 Å². The van der Waals surface area contributed by atoms with E-state index in [1.807, 2.05) is 6.07 Å². The third-order valence-electron chi connectivity index (χ3n) is 6.61. The van der Waals surface area contributed by atoms with E-state index in [2.05, 4.69) is 32.3 Å². The number of nitrogen functional groups attached to an aromatic ring is 1. The van der Waals surface area contributed by atoms with Crippen molar-refractivity contribution in [3.8, 4) is 17.5 Å². The molecule has 0 saturated carbocycles. The number of hydrogen-bond acceptors (Lipinski definition) is 8. The van der Waals surface area contributed by atoms with Crippen LogP contribution in [0, 0.1) is 11.8 Å². The lowest BCUT2D eigenvalue weighted by Gasteiger charge is -2.20. The van der Waals surface area contributed by atoms with E-state index in [0.717, 1.165) is 0 Å². The van der Waals surface area contributed by atoms with Gasteiger partial charge < -0.3 is 16.8 Å². The molecule has 43 heavy (non-hydrogen) atoms. The zero-order chi connectivity index (χ0) is 30.1. The lowest BCUT2D eigenvalue weighted by atomic mass is 10.1. The number of carbonyl (C=O) groups is 2. The quantitative estimate of drug-likeness (QED) is 0.252. The summed E-state index contributed by atoms with van der Waals surface area (Å²) < 4.78 is 4.27. The lowest BCUT2D eigenvalue weighted by Crippen LogP contribution is -2.33. The van der Waals surface area contributed by atoms with E-state index >= 15 is 0 Å². The molecule has 6 rings (SSSR count). The molecule has 2 amide bonds. The largest absolute Gasteiger partial charge is 0.381 e. The maximum Gasteiger partial charge on any atom is 0.267 e. The molecule has 0 bridgehead atoms. The highest BCUT2D eigenvalue weighted by molar-refractivity contribution is 6.04. The summed E-state index contributed by atoms with van der Waals surface area (Å²) >= 11 is 0. The molecule has 0 fully saturated rings. The number of para-hydroxylation sites is 1. The second kappa shape index (κ2) is 10.9. The molecule has 4 aromatic heterocycles. The third-order valence-corrected chi connectivity index (χ3v) is 6.61. The molecule has 13 nitrogen and oxygen atoms in total. The second-order valence-electron chi connectivity index (χ2n) is 9.63. The van der Waals surface area contributed by atoms with Crippen molar-refractivity contribution < 1.29 is 9.59 Å². The number of aromatic nitrogens is 7. The predicted octanol–water partition coefficient (Wildman–Crippen LogP) is 1.58. The molecule has 6 aromatic rings. The Labute approximate surface area is 243 Å². The Morgan fingerprint density at radius 3 is 2.67 bits per heavy atom. The molecule has 0 radical (unpaired) electrons. The van der Waals surface area contributed by atoms with Crippen LogP contribution in [0.5, 0.6) is 0 Å². The van der Waals surface area contributed by atoms with Crippen molar-refractivity contribution in [1.29, 1.82) is 0 Å². The lowest BCUT2D eigenvalue weighted by molar-refractivity contribution is -0.118.